The molecule has 2 heterocycles. The van der Waals surface area contributed by atoms with Crippen LogP contribution in [0.3, 0.4) is 0 Å². The molecule has 0 radical (unpaired) electrons. The average molecular weight is 314 g/mol. The average Bonchev–Trinajstić information content (AvgIpc) is 2.80. The Labute approximate surface area is 132 Å². The van der Waals surface area contributed by atoms with Crippen LogP contribution in [0, 0.1) is 5.82 Å². The number of ketones is 1. The molecule has 118 valence electrons. The minimum Gasteiger partial charge on any atom is -0.490 e. The molecule has 0 amide bonds. The highest BCUT2D eigenvalue weighted by molar-refractivity contribution is 6.00. The first-order valence-corrected chi connectivity index (χ1v) is 7.60. The number of carbonyl (C=O) groups excluding carboxylic acids is 1. The normalized spacial score (nSPS) is 19.5. The molecule has 23 heavy (non-hydrogen) atoms. The summed E-state index contributed by atoms with van der Waals surface area (Å²) in [7, 11) is 0. The van der Waals surface area contributed by atoms with Crippen LogP contribution in [-0.2, 0) is 0 Å². The third kappa shape index (κ3) is 2.63. The molecule has 4 nitrogen and oxygen atoms in total. The molecule has 2 aliphatic heterocycles. The van der Waals surface area contributed by atoms with Gasteiger partial charge in [0.15, 0.2) is 17.3 Å². The maximum Gasteiger partial charge on any atom is 0.170 e. The van der Waals surface area contributed by atoms with Gasteiger partial charge in [-0.2, -0.15) is 0 Å². The molecule has 1 atom stereocenters. The minimum atomic E-state index is -0.435. The standard InChI is InChI=1S/C18H15FO4/c19-12-3-5-15-13(9-12)14(20)10-17(23-15)11-2-4-16-18(8-11)22-7-1-6-21-16/h2-5,8-9,17H,1,6-7,10H2/t17-/m1/s1. The zero-order valence-corrected chi connectivity index (χ0v) is 12.4. The number of fused-ring (bicyclic) bond motifs is 2. The molecule has 0 unspecified atom stereocenters. The molecule has 0 aromatic heterocycles. The van der Waals surface area contributed by atoms with Crippen molar-refractivity contribution in [2.45, 2.75) is 18.9 Å². The van der Waals surface area contributed by atoms with Crippen molar-refractivity contribution in [3.05, 3.63) is 53.3 Å². The van der Waals surface area contributed by atoms with Gasteiger partial charge in [0.1, 0.15) is 17.7 Å². The van der Waals surface area contributed by atoms with Crippen molar-refractivity contribution in [3.63, 3.8) is 0 Å². The van der Waals surface area contributed by atoms with Gasteiger partial charge in [0, 0.05) is 6.42 Å². The van der Waals surface area contributed by atoms with Gasteiger partial charge in [0.25, 0.3) is 0 Å². The number of carbonyl (C=O) groups is 1. The van der Waals surface area contributed by atoms with Crippen molar-refractivity contribution in [2.75, 3.05) is 13.2 Å². The van der Waals surface area contributed by atoms with Crippen molar-refractivity contribution in [3.8, 4) is 17.2 Å². The highest BCUT2D eigenvalue weighted by Crippen LogP contribution is 2.38. The van der Waals surface area contributed by atoms with Gasteiger partial charge in [-0.25, -0.2) is 4.39 Å². The molecule has 5 heteroatoms. The topological polar surface area (TPSA) is 44.8 Å². The van der Waals surface area contributed by atoms with Gasteiger partial charge in [0.2, 0.25) is 0 Å². The van der Waals surface area contributed by atoms with E-state index >= 15 is 0 Å². The van der Waals surface area contributed by atoms with Crippen LogP contribution in [0.25, 0.3) is 0 Å². The van der Waals surface area contributed by atoms with Crippen LogP contribution in [0.15, 0.2) is 36.4 Å². The quantitative estimate of drug-likeness (QED) is 0.805. The Morgan fingerprint density at radius 1 is 0.957 bits per heavy atom. The number of rotatable bonds is 1. The molecule has 4 rings (SSSR count). The minimum absolute atomic E-state index is 0.122. The summed E-state index contributed by atoms with van der Waals surface area (Å²) in [6.45, 7) is 1.23. The summed E-state index contributed by atoms with van der Waals surface area (Å²) in [6, 6.07) is 9.58. The van der Waals surface area contributed by atoms with Crippen LogP contribution in [0.2, 0.25) is 0 Å². The van der Waals surface area contributed by atoms with Gasteiger partial charge in [-0.3, -0.25) is 4.79 Å². The van der Waals surface area contributed by atoms with E-state index in [1.165, 1.54) is 18.2 Å². The summed E-state index contributed by atoms with van der Waals surface area (Å²) in [5.41, 5.74) is 1.15. The van der Waals surface area contributed by atoms with Crippen LogP contribution in [0.4, 0.5) is 4.39 Å². The molecule has 0 saturated carbocycles. The second-order valence-corrected chi connectivity index (χ2v) is 5.63. The summed E-state index contributed by atoms with van der Waals surface area (Å²) in [4.78, 5) is 12.3. The highest BCUT2D eigenvalue weighted by Gasteiger charge is 2.28. The first kappa shape index (κ1) is 14.1. The number of benzene rings is 2. The molecule has 0 saturated heterocycles. The lowest BCUT2D eigenvalue weighted by Gasteiger charge is -2.26. The first-order valence-electron chi connectivity index (χ1n) is 7.60. The number of Topliss-reactive ketones (excluding diaryl/α,β-unsaturated/α-hetero) is 1. The molecule has 2 aromatic carbocycles. The van der Waals surface area contributed by atoms with Crippen molar-refractivity contribution in [1.82, 2.24) is 0 Å². The van der Waals surface area contributed by atoms with E-state index in [0.29, 0.717) is 36.0 Å². The van der Waals surface area contributed by atoms with Crippen molar-refractivity contribution in [2.24, 2.45) is 0 Å². The maximum absolute atomic E-state index is 13.3. The Kier molecular flexibility index (Phi) is 3.41. The molecular formula is C18H15FO4. The zero-order chi connectivity index (χ0) is 15.8. The Morgan fingerprint density at radius 2 is 1.74 bits per heavy atom. The van der Waals surface area contributed by atoms with E-state index in [1.807, 2.05) is 18.2 Å². The van der Waals surface area contributed by atoms with Gasteiger partial charge in [-0.1, -0.05) is 6.07 Å². The number of ether oxygens (including phenoxy) is 3. The van der Waals surface area contributed by atoms with E-state index in [-0.39, 0.29) is 12.2 Å². The highest BCUT2D eigenvalue weighted by atomic mass is 19.1. The molecule has 0 bridgehead atoms. The van der Waals surface area contributed by atoms with E-state index in [2.05, 4.69) is 0 Å². The van der Waals surface area contributed by atoms with Crippen molar-refractivity contribution in [1.29, 1.82) is 0 Å². The molecule has 0 aliphatic carbocycles. The second-order valence-electron chi connectivity index (χ2n) is 5.63. The van der Waals surface area contributed by atoms with E-state index in [1.54, 1.807) is 0 Å². The van der Waals surface area contributed by atoms with Crippen LogP contribution >= 0.6 is 0 Å². The SMILES string of the molecule is O=C1C[C@H](c2ccc3c(c2)OCCCO3)Oc2ccc(F)cc21. The molecule has 2 aliphatic rings. The monoisotopic (exact) mass is 314 g/mol. The fraction of sp³-hybridized carbons (Fsp3) is 0.278. The summed E-state index contributed by atoms with van der Waals surface area (Å²) in [5, 5.41) is 0. The third-order valence-corrected chi connectivity index (χ3v) is 4.03. The second kappa shape index (κ2) is 5.57. The number of hydrogen-bond donors (Lipinski definition) is 0. The Bertz CT molecular complexity index is 772. The molecule has 0 spiro atoms. The number of hydrogen-bond acceptors (Lipinski definition) is 4. The van der Waals surface area contributed by atoms with Gasteiger partial charge < -0.3 is 14.2 Å². The van der Waals surface area contributed by atoms with Crippen LogP contribution < -0.4 is 14.2 Å². The van der Waals surface area contributed by atoms with Crippen molar-refractivity contribution < 1.29 is 23.4 Å². The summed E-state index contributed by atoms with van der Waals surface area (Å²) < 4.78 is 30.4. The zero-order valence-electron chi connectivity index (χ0n) is 12.4. The van der Waals surface area contributed by atoms with E-state index in [9.17, 15) is 9.18 Å². The predicted octanol–water partition coefficient (Wildman–Crippen LogP) is 3.69. The van der Waals surface area contributed by atoms with Crippen molar-refractivity contribution >= 4 is 5.78 Å². The molecular weight excluding hydrogens is 299 g/mol. The fourth-order valence-electron chi connectivity index (χ4n) is 2.86. The molecule has 2 aromatic rings. The van der Waals surface area contributed by atoms with E-state index in [0.717, 1.165) is 12.0 Å². The lowest BCUT2D eigenvalue weighted by molar-refractivity contribution is 0.0848. The van der Waals surface area contributed by atoms with E-state index < -0.39 is 11.9 Å². The van der Waals surface area contributed by atoms with Crippen LogP contribution in [-0.4, -0.2) is 19.0 Å². The van der Waals surface area contributed by atoms with E-state index in [4.69, 9.17) is 14.2 Å². The largest absolute Gasteiger partial charge is 0.490 e. The Morgan fingerprint density at radius 3 is 2.61 bits per heavy atom. The Hall–Kier alpha value is -2.56. The summed E-state index contributed by atoms with van der Waals surface area (Å²) in [6.07, 6.45) is 0.606. The van der Waals surface area contributed by atoms with Gasteiger partial charge >= 0.3 is 0 Å². The van der Waals surface area contributed by atoms with Crippen LogP contribution in [0.1, 0.15) is 34.9 Å². The Balaban J connectivity index is 1.65. The predicted molar refractivity (Wildman–Crippen MR) is 80.8 cm³/mol. The van der Waals surface area contributed by atoms with Crippen LogP contribution in [0.5, 0.6) is 17.2 Å². The summed E-state index contributed by atoms with van der Waals surface area (Å²) in [5.74, 6) is 1.23. The van der Waals surface area contributed by atoms with Gasteiger partial charge in [0.05, 0.1) is 25.2 Å². The summed E-state index contributed by atoms with van der Waals surface area (Å²) >= 11 is 0. The number of halogens is 1. The smallest absolute Gasteiger partial charge is 0.170 e. The third-order valence-electron chi connectivity index (χ3n) is 4.03. The first-order chi connectivity index (χ1) is 11.2. The van der Waals surface area contributed by atoms with Gasteiger partial charge in [-0.15, -0.1) is 0 Å². The molecule has 0 fully saturated rings. The lowest BCUT2D eigenvalue weighted by Crippen LogP contribution is -2.20. The maximum atomic E-state index is 13.3. The molecule has 0 N–H and O–H groups in total. The lowest BCUT2D eigenvalue weighted by atomic mass is 9.96. The van der Waals surface area contributed by atoms with Gasteiger partial charge in [-0.05, 0) is 35.9 Å². The fourth-order valence-corrected chi connectivity index (χ4v) is 2.86.